The third-order valence-corrected chi connectivity index (χ3v) is 3.25. The Morgan fingerprint density at radius 3 is 2.50 bits per heavy atom. The van der Waals surface area contributed by atoms with Crippen LogP contribution in [0.3, 0.4) is 0 Å². The zero-order chi connectivity index (χ0) is 13.4. The van der Waals surface area contributed by atoms with E-state index in [1.165, 1.54) is 19.3 Å². The van der Waals surface area contributed by atoms with Crippen molar-refractivity contribution in [2.75, 3.05) is 36.6 Å². The maximum absolute atomic E-state index is 4.44. The van der Waals surface area contributed by atoms with Crippen molar-refractivity contribution in [1.82, 2.24) is 15.0 Å². The second-order valence-corrected chi connectivity index (χ2v) is 5.28. The molecule has 0 fully saturated rings. The van der Waals surface area contributed by atoms with E-state index < -0.39 is 0 Å². The van der Waals surface area contributed by atoms with Crippen LogP contribution >= 0.6 is 11.8 Å². The van der Waals surface area contributed by atoms with Crippen molar-refractivity contribution in [2.45, 2.75) is 38.3 Å². The molecule has 102 valence electrons. The number of thioether (sulfide) groups is 1. The van der Waals surface area contributed by atoms with Gasteiger partial charge in [0.25, 0.3) is 0 Å². The van der Waals surface area contributed by atoms with Gasteiger partial charge in [0, 0.05) is 26.4 Å². The quantitative estimate of drug-likeness (QED) is 0.578. The Hall–Kier alpha value is -1.04. The smallest absolute Gasteiger partial charge is 0.230 e. The standard InChI is InChI=1S/C12H23N5S/c1-5-7-8-9-18-12-15-10(13-6-2)14-11(16-12)17(3)4/h5-9H2,1-4H3,(H,13,14,15,16). The molecule has 0 aliphatic rings. The van der Waals surface area contributed by atoms with Crippen molar-refractivity contribution < 1.29 is 0 Å². The molecule has 1 heterocycles. The van der Waals surface area contributed by atoms with Crippen LogP contribution in [0.4, 0.5) is 11.9 Å². The summed E-state index contributed by atoms with van der Waals surface area (Å²) in [7, 11) is 3.88. The zero-order valence-corrected chi connectivity index (χ0v) is 12.5. The molecule has 0 aliphatic carbocycles. The Balaban J connectivity index is 2.69. The fourth-order valence-corrected chi connectivity index (χ4v) is 2.19. The summed E-state index contributed by atoms with van der Waals surface area (Å²) in [5, 5.41) is 3.95. The average Bonchev–Trinajstić information content (AvgIpc) is 2.35. The first-order chi connectivity index (χ1) is 8.67. The van der Waals surface area contributed by atoms with E-state index in [0.29, 0.717) is 11.9 Å². The molecule has 0 radical (unpaired) electrons. The van der Waals surface area contributed by atoms with E-state index in [0.717, 1.165) is 17.5 Å². The van der Waals surface area contributed by atoms with Gasteiger partial charge in [-0.2, -0.15) is 15.0 Å². The van der Waals surface area contributed by atoms with Crippen LogP contribution in [-0.4, -0.2) is 41.3 Å². The first-order valence-electron chi connectivity index (χ1n) is 6.47. The van der Waals surface area contributed by atoms with Crippen LogP contribution in [0, 0.1) is 0 Å². The zero-order valence-electron chi connectivity index (χ0n) is 11.7. The number of hydrogen-bond donors (Lipinski definition) is 1. The van der Waals surface area contributed by atoms with E-state index >= 15 is 0 Å². The normalized spacial score (nSPS) is 10.4. The molecule has 18 heavy (non-hydrogen) atoms. The van der Waals surface area contributed by atoms with E-state index in [1.807, 2.05) is 25.9 Å². The van der Waals surface area contributed by atoms with Crippen LogP contribution in [0.1, 0.15) is 33.1 Å². The van der Waals surface area contributed by atoms with Crippen molar-refractivity contribution in [3.05, 3.63) is 0 Å². The summed E-state index contributed by atoms with van der Waals surface area (Å²) in [4.78, 5) is 15.1. The Labute approximate surface area is 114 Å². The molecule has 0 spiro atoms. The molecule has 0 bridgehead atoms. The molecular formula is C12H23N5S. The fraction of sp³-hybridized carbons (Fsp3) is 0.750. The Bertz CT molecular complexity index is 356. The van der Waals surface area contributed by atoms with E-state index in [2.05, 4.69) is 27.2 Å². The summed E-state index contributed by atoms with van der Waals surface area (Å²) in [6.07, 6.45) is 3.71. The molecule has 5 nitrogen and oxygen atoms in total. The SMILES string of the molecule is CCCCCSc1nc(NCC)nc(N(C)C)n1. The molecule has 0 amide bonds. The molecule has 0 saturated heterocycles. The summed E-state index contributed by atoms with van der Waals surface area (Å²) in [6.45, 7) is 5.06. The summed E-state index contributed by atoms with van der Waals surface area (Å²) in [6, 6.07) is 0. The molecule has 1 aromatic heterocycles. The second kappa shape index (κ2) is 8.13. The van der Waals surface area contributed by atoms with Crippen molar-refractivity contribution in [3.8, 4) is 0 Å². The van der Waals surface area contributed by atoms with E-state index in [1.54, 1.807) is 11.8 Å². The summed E-state index contributed by atoms with van der Waals surface area (Å²) in [5.74, 6) is 2.43. The summed E-state index contributed by atoms with van der Waals surface area (Å²) < 4.78 is 0. The lowest BCUT2D eigenvalue weighted by molar-refractivity contribution is 0.776. The van der Waals surface area contributed by atoms with Gasteiger partial charge in [0.15, 0.2) is 5.16 Å². The average molecular weight is 269 g/mol. The molecule has 0 aromatic carbocycles. The van der Waals surface area contributed by atoms with Gasteiger partial charge < -0.3 is 10.2 Å². The summed E-state index contributed by atoms with van der Waals surface area (Å²) >= 11 is 1.70. The maximum atomic E-state index is 4.44. The second-order valence-electron chi connectivity index (χ2n) is 4.22. The highest BCUT2D eigenvalue weighted by Gasteiger charge is 2.07. The van der Waals surface area contributed by atoms with E-state index in [-0.39, 0.29) is 0 Å². The number of unbranched alkanes of at least 4 members (excludes halogenated alkanes) is 2. The van der Waals surface area contributed by atoms with Crippen LogP contribution in [0.5, 0.6) is 0 Å². The van der Waals surface area contributed by atoms with Crippen LogP contribution in [0.25, 0.3) is 0 Å². The van der Waals surface area contributed by atoms with E-state index in [4.69, 9.17) is 0 Å². The van der Waals surface area contributed by atoms with Crippen LogP contribution < -0.4 is 10.2 Å². The van der Waals surface area contributed by atoms with Crippen molar-refractivity contribution >= 4 is 23.7 Å². The van der Waals surface area contributed by atoms with Crippen LogP contribution in [-0.2, 0) is 0 Å². The molecule has 1 N–H and O–H groups in total. The molecular weight excluding hydrogens is 246 g/mol. The number of anilines is 2. The molecule has 6 heteroatoms. The predicted octanol–water partition coefficient (Wildman–Crippen LogP) is 2.65. The number of nitrogens with one attached hydrogen (secondary N) is 1. The van der Waals surface area contributed by atoms with Gasteiger partial charge in [-0.05, 0) is 13.3 Å². The van der Waals surface area contributed by atoms with E-state index in [9.17, 15) is 0 Å². The Morgan fingerprint density at radius 2 is 1.89 bits per heavy atom. The minimum absolute atomic E-state index is 0.661. The molecule has 1 rings (SSSR count). The number of aromatic nitrogens is 3. The highest BCUT2D eigenvalue weighted by Crippen LogP contribution is 2.19. The molecule has 1 aromatic rings. The fourth-order valence-electron chi connectivity index (χ4n) is 1.36. The van der Waals surface area contributed by atoms with Crippen molar-refractivity contribution in [1.29, 1.82) is 0 Å². The van der Waals surface area contributed by atoms with Crippen molar-refractivity contribution in [2.24, 2.45) is 0 Å². The van der Waals surface area contributed by atoms with Gasteiger partial charge in [0.1, 0.15) is 0 Å². The van der Waals surface area contributed by atoms with Gasteiger partial charge in [0.2, 0.25) is 11.9 Å². The third-order valence-electron chi connectivity index (χ3n) is 2.32. The monoisotopic (exact) mass is 269 g/mol. The van der Waals surface area contributed by atoms with Gasteiger partial charge in [-0.25, -0.2) is 0 Å². The number of rotatable bonds is 8. The van der Waals surface area contributed by atoms with Gasteiger partial charge in [-0.1, -0.05) is 31.5 Å². The van der Waals surface area contributed by atoms with Crippen LogP contribution in [0.2, 0.25) is 0 Å². The Morgan fingerprint density at radius 1 is 1.11 bits per heavy atom. The Kier molecular flexibility index (Phi) is 6.78. The van der Waals surface area contributed by atoms with Gasteiger partial charge in [0.05, 0.1) is 0 Å². The van der Waals surface area contributed by atoms with Gasteiger partial charge >= 0.3 is 0 Å². The molecule has 0 saturated carbocycles. The third kappa shape index (κ3) is 5.08. The first-order valence-corrected chi connectivity index (χ1v) is 7.46. The highest BCUT2D eigenvalue weighted by atomic mass is 32.2. The number of nitrogens with zero attached hydrogens (tertiary/aromatic N) is 4. The van der Waals surface area contributed by atoms with Crippen molar-refractivity contribution in [3.63, 3.8) is 0 Å². The van der Waals surface area contributed by atoms with Gasteiger partial charge in [-0.3, -0.25) is 0 Å². The first kappa shape index (κ1) is 15.0. The van der Waals surface area contributed by atoms with Gasteiger partial charge in [-0.15, -0.1) is 0 Å². The largest absolute Gasteiger partial charge is 0.354 e. The molecule has 0 unspecified atom stereocenters. The molecule has 0 aliphatic heterocycles. The predicted molar refractivity (Wildman–Crippen MR) is 78.6 cm³/mol. The lowest BCUT2D eigenvalue weighted by atomic mass is 10.3. The summed E-state index contributed by atoms with van der Waals surface area (Å²) in [5.41, 5.74) is 0. The minimum atomic E-state index is 0.661. The maximum Gasteiger partial charge on any atom is 0.230 e. The topological polar surface area (TPSA) is 53.9 Å². The lowest BCUT2D eigenvalue weighted by Gasteiger charge is -2.12. The van der Waals surface area contributed by atoms with Crippen LogP contribution in [0.15, 0.2) is 5.16 Å². The lowest BCUT2D eigenvalue weighted by Crippen LogP contribution is -2.15. The minimum Gasteiger partial charge on any atom is -0.354 e. The number of hydrogen-bond acceptors (Lipinski definition) is 6. The highest BCUT2D eigenvalue weighted by molar-refractivity contribution is 7.99. The molecule has 0 atom stereocenters.